The van der Waals surface area contributed by atoms with E-state index in [9.17, 15) is 4.79 Å². The van der Waals surface area contributed by atoms with Gasteiger partial charge in [0.05, 0.1) is 18.2 Å². The monoisotopic (exact) mass is 200 g/mol. The molecule has 2 aromatic heterocycles. The van der Waals surface area contributed by atoms with Crippen molar-refractivity contribution in [2.45, 2.75) is 0 Å². The fraction of sp³-hybridized carbons (Fsp3) is 0.0909. The van der Waals surface area contributed by atoms with E-state index in [0.717, 1.165) is 0 Å². The van der Waals surface area contributed by atoms with Crippen molar-refractivity contribution in [3.05, 3.63) is 41.7 Å². The number of ether oxygens (including phenoxy) is 1. The molecule has 0 saturated carbocycles. The Labute approximate surface area is 86.3 Å². The van der Waals surface area contributed by atoms with E-state index >= 15 is 0 Å². The quantitative estimate of drug-likeness (QED) is 0.657. The zero-order chi connectivity index (χ0) is 10.8. The molecule has 4 heteroatoms. The lowest BCUT2D eigenvalue weighted by molar-refractivity contribution is 0.0602. The lowest BCUT2D eigenvalue weighted by atomic mass is 10.2. The number of aromatic nitrogens is 1. The average Bonchev–Trinajstić information content (AvgIpc) is 2.70. The number of carbonyl (C=O) groups is 1. The number of hydrogen-bond acceptors (Lipinski definition) is 3. The van der Waals surface area contributed by atoms with Gasteiger partial charge in [-0.1, -0.05) is 0 Å². The number of pyridine rings is 1. The van der Waals surface area contributed by atoms with Gasteiger partial charge in [0.2, 0.25) is 0 Å². The van der Waals surface area contributed by atoms with E-state index in [1.807, 2.05) is 6.07 Å². The van der Waals surface area contributed by atoms with Crippen LogP contribution < -0.4 is 0 Å². The van der Waals surface area contributed by atoms with Crippen LogP contribution in [0.1, 0.15) is 16.1 Å². The summed E-state index contributed by atoms with van der Waals surface area (Å²) < 4.78 is 6.31. The van der Waals surface area contributed by atoms with E-state index in [-0.39, 0.29) is 0 Å². The van der Waals surface area contributed by atoms with Crippen LogP contribution in [0.25, 0.3) is 5.52 Å². The normalized spacial score (nSPS) is 9.87. The largest absolute Gasteiger partial charge is 0.465 e. The molecule has 0 atom stereocenters. The number of esters is 1. The van der Waals surface area contributed by atoms with Gasteiger partial charge in [-0.3, -0.25) is 0 Å². The summed E-state index contributed by atoms with van der Waals surface area (Å²) in [5, 5.41) is 8.82. The Morgan fingerprint density at radius 3 is 2.93 bits per heavy atom. The Morgan fingerprint density at radius 2 is 2.27 bits per heavy atom. The van der Waals surface area contributed by atoms with Crippen molar-refractivity contribution in [3.8, 4) is 6.07 Å². The molecule has 0 N–H and O–H groups in total. The smallest absolute Gasteiger partial charge is 0.339 e. The number of nitriles is 1. The molecule has 0 bridgehead atoms. The van der Waals surface area contributed by atoms with Crippen LogP contribution in [-0.2, 0) is 4.74 Å². The lowest BCUT2D eigenvalue weighted by Crippen LogP contribution is -2.03. The van der Waals surface area contributed by atoms with Gasteiger partial charge in [0, 0.05) is 6.20 Å². The molecule has 0 aliphatic heterocycles. The molecular weight excluding hydrogens is 192 g/mol. The van der Waals surface area contributed by atoms with Gasteiger partial charge >= 0.3 is 5.97 Å². The maximum atomic E-state index is 11.4. The minimum absolute atomic E-state index is 0.400. The second-order valence-corrected chi connectivity index (χ2v) is 3.00. The van der Waals surface area contributed by atoms with E-state index in [0.29, 0.717) is 16.8 Å². The van der Waals surface area contributed by atoms with Gasteiger partial charge in [-0.2, -0.15) is 5.26 Å². The number of carbonyl (C=O) groups excluding carboxylic acids is 1. The second-order valence-electron chi connectivity index (χ2n) is 3.00. The van der Waals surface area contributed by atoms with Gasteiger partial charge in [0.1, 0.15) is 11.8 Å². The van der Waals surface area contributed by atoms with Crippen molar-refractivity contribution in [2.24, 2.45) is 0 Å². The molecule has 74 valence electrons. The molecule has 0 fully saturated rings. The summed E-state index contributed by atoms with van der Waals surface area (Å²) in [6, 6.07) is 8.82. The Kier molecular flexibility index (Phi) is 2.14. The van der Waals surface area contributed by atoms with E-state index in [4.69, 9.17) is 5.26 Å². The average molecular weight is 200 g/mol. The summed E-state index contributed by atoms with van der Waals surface area (Å²) >= 11 is 0. The van der Waals surface area contributed by atoms with Crippen molar-refractivity contribution in [1.82, 2.24) is 4.40 Å². The molecule has 0 aliphatic carbocycles. The third kappa shape index (κ3) is 1.34. The zero-order valence-corrected chi connectivity index (χ0v) is 8.10. The highest BCUT2D eigenvalue weighted by molar-refractivity contribution is 5.97. The molecule has 0 amide bonds. The summed E-state index contributed by atoms with van der Waals surface area (Å²) in [5.41, 5.74) is 1.64. The van der Waals surface area contributed by atoms with E-state index in [1.54, 1.807) is 34.9 Å². The third-order valence-electron chi connectivity index (χ3n) is 2.21. The number of rotatable bonds is 1. The molecule has 0 saturated heterocycles. The molecule has 2 aromatic rings. The Morgan fingerprint density at radius 1 is 1.47 bits per heavy atom. The molecule has 2 rings (SSSR count). The van der Waals surface area contributed by atoms with Crippen molar-refractivity contribution in [3.63, 3.8) is 0 Å². The van der Waals surface area contributed by atoms with Crippen LogP contribution in [0.3, 0.4) is 0 Å². The topological polar surface area (TPSA) is 54.5 Å². The molecule has 0 spiro atoms. The highest BCUT2D eigenvalue weighted by atomic mass is 16.5. The minimum atomic E-state index is -0.400. The van der Waals surface area contributed by atoms with Crippen LogP contribution in [0.2, 0.25) is 0 Å². The van der Waals surface area contributed by atoms with Gasteiger partial charge in [-0.15, -0.1) is 0 Å². The molecular formula is C11H8N2O2. The van der Waals surface area contributed by atoms with Crippen molar-refractivity contribution >= 4 is 11.5 Å². The third-order valence-corrected chi connectivity index (χ3v) is 2.21. The minimum Gasteiger partial charge on any atom is -0.465 e. The first-order valence-electron chi connectivity index (χ1n) is 4.36. The Balaban J connectivity index is 2.74. The van der Waals surface area contributed by atoms with E-state index < -0.39 is 5.97 Å². The van der Waals surface area contributed by atoms with Crippen LogP contribution in [-0.4, -0.2) is 17.5 Å². The first-order chi connectivity index (χ1) is 7.27. The van der Waals surface area contributed by atoms with Crippen LogP contribution in [0, 0.1) is 11.3 Å². The predicted octanol–water partition coefficient (Wildman–Crippen LogP) is 1.60. The van der Waals surface area contributed by atoms with Crippen LogP contribution in [0.15, 0.2) is 30.5 Å². The first-order valence-corrected chi connectivity index (χ1v) is 4.36. The molecule has 0 radical (unpaired) electrons. The standard InChI is InChI=1S/C11H8N2O2/c1-15-11(14)9-3-2-6-13-8(7-12)4-5-10(9)13/h2-6H,1H3. The maximum absolute atomic E-state index is 11.4. The Bertz CT molecular complexity index is 563. The number of hydrogen-bond donors (Lipinski definition) is 0. The summed E-state index contributed by atoms with van der Waals surface area (Å²) in [6.45, 7) is 0. The first kappa shape index (κ1) is 9.28. The van der Waals surface area contributed by atoms with Gasteiger partial charge in [0.25, 0.3) is 0 Å². The van der Waals surface area contributed by atoms with Crippen molar-refractivity contribution in [2.75, 3.05) is 7.11 Å². The fourth-order valence-corrected chi connectivity index (χ4v) is 1.51. The van der Waals surface area contributed by atoms with Crippen LogP contribution in [0.4, 0.5) is 0 Å². The molecule has 0 aliphatic rings. The number of methoxy groups -OCH3 is 1. The van der Waals surface area contributed by atoms with Crippen LogP contribution >= 0.6 is 0 Å². The van der Waals surface area contributed by atoms with Gasteiger partial charge in [-0.25, -0.2) is 4.79 Å². The summed E-state index contributed by atoms with van der Waals surface area (Å²) in [7, 11) is 1.33. The molecule has 0 unspecified atom stereocenters. The molecule has 0 aromatic carbocycles. The van der Waals surface area contributed by atoms with E-state index in [1.165, 1.54) is 7.11 Å². The van der Waals surface area contributed by atoms with E-state index in [2.05, 4.69) is 4.74 Å². The number of fused-ring (bicyclic) bond motifs is 1. The summed E-state index contributed by atoms with van der Waals surface area (Å²) in [6.07, 6.45) is 1.74. The van der Waals surface area contributed by atoms with Crippen molar-refractivity contribution < 1.29 is 9.53 Å². The zero-order valence-electron chi connectivity index (χ0n) is 8.10. The predicted molar refractivity (Wildman–Crippen MR) is 53.5 cm³/mol. The second kappa shape index (κ2) is 3.46. The number of nitrogens with zero attached hydrogens (tertiary/aromatic N) is 2. The summed E-state index contributed by atoms with van der Waals surface area (Å²) in [4.78, 5) is 11.4. The fourth-order valence-electron chi connectivity index (χ4n) is 1.51. The van der Waals surface area contributed by atoms with Crippen LogP contribution in [0.5, 0.6) is 0 Å². The Hall–Kier alpha value is -2.28. The lowest BCUT2D eigenvalue weighted by Gasteiger charge is -2.02. The maximum Gasteiger partial charge on any atom is 0.339 e. The SMILES string of the molecule is COC(=O)c1cccn2c(C#N)ccc12. The molecule has 4 nitrogen and oxygen atoms in total. The van der Waals surface area contributed by atoms with Crippen molar-refractivity contribution in [1.29, 1.82) is 5.26 Å². The molecule has 15 heavy (non-hydrogen) atoms. The molecule has 2 heterocycles. The highest BCUT2D eigenvalue weighted by Crippen LogP contribution is 2.15. The summed E-state index contributed by atoms with van der Waals surface area (Å²) in [5.74, 6) is -0.400. The van der Waals surface area contributed by atoms with Gasteiger partial charge in [-0.05, 0) is 24.3 Å². The van der Waals surface area contributed by atoms with Gasteiger partial charge < -0.3 is 9.14 Å². The highest BCUT2D eigenvalue weighted by Gasteiger charge is 2.11. The van der Waals surface area contributed by atoms with Gasteiger partial charge in [0.15, 0.2) is 0 Å².